The molecule has 0 heterocycles. The molecule has 1 unspecified atom stereocenters. The van der Waals surface area contributed by atoms with E-state index in [1.54, 1.807) is 6.92 Å². The van der Waals surface area contributed by atoms with E-state index in [-0.39, 0.29) is 6.04 Å². The van der Waals surface area contributed by atoms with Crippen LogP contribution < -0.4 is 5.32 Å². The summed E-state index contributed by atoms with van der Waals surface area (Å²) in [5.74, 6) is 0. The molecule has 0 rings (SSSR count). The predicted molar refractivity (Wildman–Crippen MR) is 53.5 cm³/mol. The zero-order valence-electron chi connectivity index (χ0n) is 8.99. The van der Waals surface area contributed by atoms with Crippen molar-refractivity contribution in [3.8, 4) is 0 Å². The van der Waals surface area contributed by atoms with Gasteiger partial charge in [0, 0.05) is 12.6 Å². The lowest BCUT2D eigenvalue weighted by molar-refractivity contribution is 0.0571. The average molecular weight is 190 g/mol. The zero-order chi connectivity index (χ0) is 10.4. The second-order valence-electron chi connectivity index (χ2n) is 3.69. The molecule has 3 atom stereocenters. The van der Waals surface area contributed by atoms with E-state index in [1.807, 2.05) is 25.9 Å². The van der Waals surface area contributed by atoms with Crippen molar-refractivity contribution in [1.29, 1.82) is 0 Å². The van der Waals surface area contributed by atoms with Crippen LogP contribution in [0.15, 0.2) is 0 Å². The van der Waals surface area contributed by atoms with Gasteiger partial charge in [0.15, 0.2) is 0 Å². The van der Waals surface area contributed by atoms with Crippen molar-refractivity contribution >= 4 is 0 Å². The van der Waals surface area contributed by atoms with Crippen LogP contribution in [0.1, 0.15) is 20.3 Å². The second kappa shape index (κ2) is 6.32. The van der Waals surface area contributed by atoms with Crippen molar-refractivity contribution in [2.75, 3.05) is 20.6 Å². The minimum absolute atomic E-state index is 0.0394. The van der Waals surface area contributed by atoms with Gasteiger partial charge in [-0.05, 0) is 27.4 Å². The normalized spacial score (nSPS) is 18.7. The molecule has 0 amide bonds. The van der Waals surface area contributed by atoms with Gasteiger partial charge in [0.25, 0.3) is 0 Å². The number of hydrogen-bond donors (Lipinski definition) is 3. The minimum atomic E-state index is -0.568. The van der Waals surface area contributed by atoms with Crippen LogP contribution in [0.3, 0.4) is 0 Å². The van der Waals surface area contributed by atoms with Gasteiger partial charge in [-0.15, -0.1) is 0 Å². The highest BCUT2D eigenvalue weighted by Gasteiger charge is 2.18. The molecular weight excluding hydrogens is 168 g/mol. The van der Waals surface area contributed by atoms with Crippen molar-refractivity contribution in [1.82, 2.24) is 10.2 Å². The molecule has 3 N–H and O–H groups in total. The minimum Gasteiger partial charge on any atom is -0.390 e. The topological polar surface area (TPSA) is 55.7 Å². The van der Waals surface area contributed by atoms with Gasteiger partial charge < -0.3 is 15.1 Å². The fourth-order valence-electron chi connectivity index (χ4n) is 1.31. The molecule has 0 aromatic heterocycles. The number of nitrogens with zero attached hydrogens (tertiary/aromatic N) is 1. The van der Waals surface area contributed by atoms with Gasteiger partial charge in [-0.3, -0.25) is 5.32 Å². The number of rotatable bonds is 6. The summed E-state index contributed by atoms with van der Waals surface area (Å²) in [7, 11) is 3.83. The number of likely N-dealkylation sites (N-methyl/N-ethyl adjacent to an activating group) is 1. The average Bonchev–Trinajstić information content (AvgIpc) is 1.98. The molecule has 13 heavy (non-hydrogen) atoms. The van der Waals surface area contributed by atoms with Crippen LogP contribution in [0.25, 0.3) is 0 Å². The van der Waals surface area contributed by atoms with E-state index in [4.69, 9.17) is 5.11 Å². The fourth-order valence-corrected chi connectivity index (χ4v) is 1.31. The molecule has 0 aromatic rings. The Kier molecular flexibility index (Phi) is 6.24. The lowest BCUT2D eigenvalue weighted by Crippen LogP contribution is -2.47. The van der Waals surface area contributed by atoms with Gasteiger partial charge in [-0.2, -0.15) is 0 Å². The van der Waals surface area contributed by atoms with Crippen LogP contribution in [0, 0.1) is 0 Å². The van der Waals surface area contributed by atoms with Crippen LogP contribution in [0.2, 0.25) is 0 Å². The first kappa shape index (κ1) is 12.8. The molecule has 4 nitrogen and oxygen atoms in total. The highest BCUT2D eigenvalue weighted by molar-refractivity contribution is 4.76. The highest BCUT2D eigenvalue weighted by Crippen LogP contribution is 2.00. The predicted octanol–water partition coefficient (Wildman–Crippen LogP) is -0.385. The lowest BCUT2D eigenvalue weighted by Gasteiger charge is -2.26. The van der Waals surface area contributed by atoms with Gasteiger partial charge in [0.1, 0.15) is 6.23 Å². The highest BCUT2D eigenvalue weighted by atomic mass is 16.3. The fraction of sp³-hybridized carbons (Fsp3) is 1.00. The van der Waals surface area contributed by atoms with Crippen molar-refractivity contribution in [2.24, 2.45) is 0 Å². The Morgan fingerprint density at radius 1 is 1.31 bits per heavy atom. The van der Waals surface area contributed by atoms with Crippen molar-refractivity contribution in [3.05, 3.63) is 0 Å². The largest absolute Gasteiger partial charge is 0.390 e. The molecule has 0 aliphatic carbocycles. The Morgan fingerprint density at radius 3 is 2.15 bits per heavy atom. The molecule has 0 saturated carbocycles. The van der Waals surface area contributed by atoms with Crippen LogP contribution in [0.4, 0.5) is 0 Å². The molecule has 0 aliphatic heterocycles. The summed E-state index contributed by atoms with van der Waals surface area (Å²) in [6.45, 7) is 4.25. The van der Waals surface area contributed by atoms with E-state index >= 15 is 0 Å². The van der Waals surface area contributed by atoms with E-state index in [2.05, 4.69) is 5.32 Å². The maximum atomic E-state index is 9.71. The molecule has 0 aliphatic rings. The SMILES string of the molecule is CC[C@H](NC(C)O)[C@H](O)CN(C)C. The van der Waals surface area contributed by atoms with E-state index in [0.717, 1.165) is 6.42 Å². The Labute approximate surface area is 80.6 Å². The number of nitrogens with one attached hydrogen (secondary N) is 1. The third-order valence-corrected chi connectivity index (χ3v) is 1.91. The third-order valence-electron chi connectivity index (χ3n) is 1.91. The van der Waals surface area contributed by atoms with Gasteiger partial charge in [0.05, 0.1) is 6.10 Å². The quantitative estimate of drug-likeness (QED) is 0.500. The van der Waals surface area contributed by atoms with Crippen molar-refractivity contribution in [2.45, 2.75) is 38.6 Å². The molecule has 0 radical (unpaired) electrons. The van der Waals surface area contributed by atoms with Crippen LogP contribution in [-0.4, -0.2) is 54.1 Å². The maximum Gasteiger partial charge on any atom is 0.102 e. The zero-order valence-corrected chi connectivity index (χ0v) is 8.99. The van der Waals surface area contributed by atoms with E-state index in [0.29, 0.717) is 6.54 Å². The summed E-state index contributed by atoms with van der Waals surface area (Å²) in [6.07, 6.45) is -0.198. The first-order valence-electron chi connectivity index (χ1n) is 4.74. The molecule has 4 heteroatoms. The monoisotopic (exact) mass is 190 g/mol. The standard InChI is InChI=1S/C9H22N2O2/c1-5-8(10-7(2)12)9(13)6-11(3)4/h7-10,12-13H,5-6H2,1-4H3/t7?,8-,9+/m0/s1. The maximum absolute atomic E-state index is 9.71. The number of hydrogen-bond acceptors (Lipinski definition) is 4. The summed E-state index contributed by atoms with van der Waals surface area (Å²) < 4.78 is 0. The van der Waals surface area contributed by atoms with Crippen LogP contribution in [0.5, 0.6) is 0 Å². The number of aliphatic hydroxyl groups excluding tert-OH is 2. The Hall–Kier alpha value is -0.160. The molecule has 0 bridgehead atoms. The Bertz CT molecular complexity index is 129. The first-order valence-corrected chi connectivity index (χ1v) is 4.74. The van der Waals surface area contributed by atoms with Gasteiger partial charge in [0.2, 0.25) is 0 Å². The second-order valence-corrected chi connectivity index (χ2v) is 3.69. The molecular formula is C9H22N2O2. The molecule has 0 fully saturated rings. The molecule has 0 aromatic carbocycles. The molecule has 0 spiro atoms. The summed E-state index contributed by atoms with van der Waals surface area (Å²) in [5.41, 5.74) is 0. The van der Waals surface area contributed by atoms with E-state index in [1.165, 1.54) is 0 Å². The van der Waals surface area contributed by atoms with Crippen molar-refractivity contribution in [3.63, 3.8) is 0 Å². The Balaban J connectivity index is 3.91. The lowest BCUT2D eigenvalue weighted by atomic mass is 10.1. The van der Waals surface area contributed by atoms with E-state index < -0.39 is 12.3 Å². The van der Waals surface area contributed by atoms with Crippen LogP contribution >= 0.6 is 0 Å². The summed E-state index contributed by atoms with van der Waals surface area (Å²) in [4.78, 5) is 1.93. The molecule has 0 saturated heterocycles. The van der Waals surface area contributed by atoms with Gasteiger partial charge in [-0.1, -0.05) is 6.92 Å². The van der Waals surface area contributed by atoms with Crippen molar-refractivity contribution < 1.29 is 10.2 Å². The van der Waals surface area contributed by atoms with Gasteiger partial charge >= 0.3 is 0 Å². The number of aliphatic hydroxyl groups is 2. The summed E-state index contributed by atoms with van der Waals surface area (Å²) in [5, 5.41) is 21.7. The Morgan fingerprint density at radius 2 is 1.85 bits per heavy atom. The summed E-state index contributed by atoms with van der Waals surface area (Å²) >= 11 is 0. The summed E-state index contributed by atoms with van der Waals surface area (Å²) in [6, 6.07) is -0.0394. The van der Waals surface area contributed by atoms with Crippen LogP contribution in [-0.2, 0) is 0 Å². The van der Waals surface area contributed by atoms with E-state index in [9.17, 15) is 5.11 Å². The molecule has 80 valence electrons. The van der Waals surface area contributed by atoms with Gasteiger partial charge in [-0.25, -0.2) is 0 Å². The first-order chi connectivity index (χ1) is 5.97. The third kappa shape index (κ3) is 5.99. The smallest absolute Gasteiger partial charge is 0.102 e.